The molecule has 4 aromatic heterocycles. The molecule has 2 fully saturated rings. The van der Waals surface area contributed by atoms with Crippen molar-refractivity contribution < 1.29 is 14.0 Å². The molecule has 4 aromatic rings. The minimum Gasteiger partial charge on any atom is -0.479 e. The molecule has 2 aliphatic heterocycles. The number of nitrogens with zero attached hydrogens (tertiary/aromatic N) is 8. The summed E-state index contributed by atoms with van der Waals surface area (Å²) in [6.45, 7) is 5.63. The van der Waals surface area contributed by atoms with E-state index in [0.717, 1.165) is 49.7 Å². The number of methoxy groups -OCH3 is 1. The van der Waals surface area contributed by atoms with Crippen LogP contribution in [0.15, 0.2) is 35.1 Å². The summed E-state index contributed by atoms with van der Waals surface area (Å²) in [5.41, 5.74) is 2.08. The second-order valence-electron chi connectivity index (χ2n) is 8.95. The first kappa shape index (κ1) is 23.2. The lowest BCUT2D eigenvalue weighted by atomic mass is 10.1. The number of hydrogen-bond donors (Lipinski definition) is 2. The summed E-state index contributed by atoms with van der Waals surface area (Å²) in [5.74, 6) is 3.96. The van der Waals surface area contributed by atoms with E-state index in [4.69, 9.17) is 24.0 Å². The van der Waals surface area contributed by atoms with E-state index in [2.05, 4.69) is 40.4 Å². The standard InChI is InChI=1S/C24H28N10O3/c1-15-12-20(31-30-15)27-19-14-21(33-8-10-36-11-9-33)29-24(28-19)34-7-3-4-17(34)18-13-16(32-37-18)22-23(35-2)26-6-5-25-22/h5-6,12-14,17H,3-4,7-11H2,1-2H3,(H2,27,28,29,30,31)/t17-/m0/s1. The van der Waals surface area contributed by atoms with Gasteiger partial charge in [-0.05, 0) is 19.8 Å². The van der Waals surface area contributed by atoms with E-state index in [1.807, 2.05) is 25.1 Å². The molecule has 192 valence electrons. The average molecular weight is 505 g/mol. The Balaban J connectivity index is 1.33. The second-order valence-corrected chi connectivity index (χ2v) is 8.95. The van der Waals surface area contributed by atoms with Crippen molar-refractivity contribution >= 4 is 23.4 Å². The van der Waals surface area contributed by atoms with Gasteiger partial charge < -0.3 is 29.1 Å². The lowest BCUT2D eigenvalue weighted by molar-refractivity contribution is 0.122. The first-order chi connectivity index (χ1) is 18.2. The minimum atomic E-state index is -0.0654. The molecule has 2 saturated heterocycles. The molecule has 0 saturated carbocycles. The molecule has 2 N–H and O–H groups in total. The highest BCUT2D eigenvalue weighted by molar-refractivity contribution is 5.62. The molecule has 13 nitrogen and oxygen atoms in total. The van der Waals surface area contributed by atoms with Crippen LogP contribution in [0.4, 0.5) is 23.4 Å². The van der Waals surface area contributed by atoms with Crippen LogP contribution in [0.1, 0.15) is 30.3 Å². The third-order valence-electron chi connectivity index (χ3n) is 6.47. The van der Waals surface area contributed by atoms with Gasteiger partial charge in [-0.1, -0.05) is 5.16 Å². The van der Waals surface area contributed by atoms with Crippen molar-refractivity contribution in [2.75, 3.05) is 55.1 Å². The zero-order chi connectivity index (χ0) is 25.2. The zero-order valence-electron chi connectivity index (χ0n) is 20.7. The van der Waals surface area contributed by atoms with Crippen molar-refractivity contribution in [3.8, 4) is 17.3 Å². The fourth-order valence-corrected chi connectivity index (χ4v) is 4.69. The van der Waals surface area contributed by atoms with Gasteiger partial charge in [0.2, 0.25) is 11.8 Å². The number of nitrogens with one attached hydrogen (secondary N) is 2. The van der Waals surface area contributed by atoms with Gasteiger partial charge in [-0.3, -0.25) is 5.10 Å². The van der Waals surface area contributed by atoms with Crippen LogP contribution in [-0.4, -0.2) is 75.2 Å². The molecule has 0 spiro atoms. The number of rotatable bonds is 7. The minimum absolute atomic E-state index is 0.0654. The maximum atomic E-state index is 5.80. The summed E-state index contributed by atoms with van der Waals surface area (Å²) in [7, 11) is 1.56. The van der Waals surface area contributed by atoms with Gasteiger partial charge >= 0.3 is 0 Å². The Kier molecular flexibility index (Phi) is 6.26. The van der Waals surface area contributed by atoms with Crippen LogP contribution in [0.2, 0.25) is 0 Å². The molecule has 0 radical (unpaired) electrons. The highest BCUT2D eigenvalue weighted by Crippen LogP contribution is 2.38. The Labute approximate surface area is 213 Å². The topological polar surface area (TPSA) is 143 Å². The molecule has 0 aliphatic carbocycles. The van der Waals surface area contributed by atoms with Gasteiger partial charge in [0, 0.05) is 55.9 Å². The van der Waals surface area contributed by atoms with Crippen LogP contribution in [-0.2, 0) is 4.74 Å². The normalized spacial score (nSPS) is 17.8. The molecule has 0 bridgehead atoms. The van der Waals surface area contributed by atoms with Gasteiger partial charge in [0.1, 0.15) is 17.3 Å². The van der Waals surface area contributed by atoms with Crippen LogP contribution >= 0.6 is 0 Å². The predicted octanol–water partition coefficient (Wildman–Crippen LogP) is 2.88. The zero-order valence-corrected chi connectivity index (χ0v) is 20.7. The quantitative estimate of drug-likeness (QED) is 0.382. The summed E-state index contributed by atoms with van der Waals surface area (Å²) in [5, 5.41) is 14.8. The van der Waals surface area contributed by atoms with E-state index in [0.29, 0.717) is 48.1 Å². The molecular formula is C24H28N10O3. The van der Waals surface area contributed by atoms with Crippen molar-refractivity contribution in [1.82, 2.24) is 35.3 Å². The maximum absolute atomic E-state index is 5.80. The molecule has 6 rings (SSSR count). The molecule has 37 heavy (non-hydrogen) atoms. The van der Waals surface area contributed by atoms with Gasteiger partial charge in [-0.25, -0.2) is 9.97 Å². The Morgan fingerprint density at radius 2 is 1.92 bits per heavy atom. The van der Waals surface area contributed by atoms with Crippen molar-refractivity contribution in [2.24, 2.45) is 0 Å². The Morgan fingerprint density at radius 1 is 1.05 bits per heavy atom. The number of anilines is 4. The van der Waals surface area contributed by atoms with E-state index in [-0.39, 0.29) is 6.04 Å². The van der Waals surface area contributed by atoms with E-state index in [1.54, 1.807) is 19.5 Å². The molecule has 2 aliphatic rings. The van der Waals surface area contributed by atoms with E-state index in [1.165, 1.54) is 0 Å². The monoisotopic (exact) mass is 504 g/mol. The average Bonchev–Trinajstić information content (AvgIpc) is 3.70. The third-order valence-corrected chi connectivity index (χ3v) is 6.47. The third kappa shape index (κ3) is 4.77. The van der Waals surface area contributed by atoms with Gasteiger partial charge in [0.25, 0.3) is 0 Å². The number of aromatic amines is 1. The lowest BCUT2D eigenvalue weighted by Crippen LogP contribution is -2.37. The van der Waals surface area contributed by atoms with Crippen molar-refractivity contribution in [1.29, 1.82) is 0 Å². The highest BCUT2D eigenvalue weighted by Gasteiger charge is 2.33. The number of morpholine rings is 1. The second kappa shape index (κ2) is 10.0. The molecule has 1 atom stereocenters. The number of aromatic nitrogens is 7. The van der Waals surface area contributed by atoms with Crippen LogP contribution in [0, 0.1) is 6.92 Å². The summed E-state index contributed by atoms with van der Waals surface area (Å²) < 4.78 is 16.7. The fraction of sp³-hybridized carbons (Fsp3) is 0.417. The van der Waals surface area contributed by atoms with Gasteiger partial charge in [0.05, 0.1) is 26.4 Å². The molecule has 0 amide bonds. The smallest absolute Gasteiger partial charge is 0.242 e. The number of hydrogen-bond acceptors (Lipinski definition) is 12. The number of ether oxygens (including phenoxy) is 2. The summed E-state index contributed by atoms with van der Waals surface area (Å²) in [4.78, 5) is 22.8. The first-order valence-electron chi connectivity index (χ1n) is 12.3. The molecule has 0 unspecified atom stereocenters. The van der Waals surface area contributed by atoms with E-state index < -0.39 is 0 Å². The lowest BCUT2D eigenvalue weighted by Gasteiger charge is -2.30. The fourth-order valence-electron chi connectivity index (χ4n) is 4.69. The van der Waals surface area contributed by atoms with Crippen molar-refractivity contribution in [3.63, 3.8) is 0 Å². The van der Waals surface area contributed by atoms with Gasteiger partial charge in [0.15, 0.2) is 17.3 Å². The molecular weight excluding hydrogens is 476 g/mol. The van der Waals surface area contributed by atoms with Crippen LogP contribution in [0.3, 0.4) is 0 Å². The van der Waals surface area contributed by atoms with Gasteiger partial charge in [-0.2, -0.15) is 15.1 Å². The SMILES string of the molecule is COc1nccnc1-c1cc([C@@H]2CCCN2c2nc(Nc3cc(C)[nH]n3)cc(N3CCOCC3)n2)on1. The largest absolute Gasteiger partial charge is 0.479 e. The van der Waals surface area contributed by atoms with Crippen molar-refractivity contribution in [2.45, 2.75) is 25.8 Å². The summed E-state index contributed by atoms with van der Waals surface area (Å²) in [6.07, 6.45) is 5.05. The predicted molar refractivity (Wildman–Crippen MR) is 135 cm³/mol. The number of aryl methyl sites for hydroxylation is 1. The highest BCUT2D eigenvalue weighted by atomic mass is 16.5. The Hall–Kier alpha value is -4.26. The maximum Gasteiger partial charge on any atom is 0.242 e. The number of H-pyrrole nitrogens is 1. The molecule has 6 heterocycles. The van der Waals surface area contributed by atoms with E-state index >= 15 is 0 Å². The molecule has 13 heteroatoms. The van der Waals surface area contributed by atoms with Crippen molar-refractivity contribution in [3.05, 3.63) is 42.0 Å². The van der Waals surface area contributed by atoms with Gasteiger partial charge in [-0.15, -0.1) is 0 Å². The van der Waals surface area contributed by atoms with E-state index in [9.17, 15) is 0 Å². The van der Waals surface area contributed by atoms with Crippen LogP contribution in [0.5, 0.6) is 5.88 Å². The molecule has 0 aromatic carbocycles. The first-order valence-corrected chi connectivity index (χ1v) is 12.3. The summed E-state index contributed by atoms with van der Waals surface area (Å²) in [6, 6.07) is 5.72. The van der Waals surface area contributed by atoms with Crippen LogP contribution < -0.4 is 19.9 Å². The Bertz CT molecular complexity index is 1370. The van der Waals surface area contributed by atoms with Crippen LogP contribution in [0.25, 0.3) is 11.4 Å². The summed E-state index contributed by atoms with van der Waals surface area (Å²) >= 11 is 0. The Morgan fingerprint density at radius 3 is 2.73 bits per heavy atom.